The van der Waals surface area contributed by atoms with E-state index in [1.807, 2.05) is 17.0 Å². The van der Waals surface area contributed by atoms with Gasteiger partial charge in [0, 0.05) is 31.2 Å². The van der Waals surface area contributed by atoms with Crippen LogP contribution in [-0.4, -0.2) is 62.1 Å². The Hall–Kier alpha value is -2.84. The third-order valence-corrected chi connectivity index (χ3v) is 5.22. The van der Waals surface area contributed by atoms with Crippen molar-refractivity contribution in [2.24, 2.45) is 0 Å². The molecule has 0 N–H and O–H groups in total. The van der Waals surface area contributed by atoms with Crippen LogP contribution >= 0.6 is 11.6 Å². The highest BCUT2D eigenvalue weighted by Crippen LogP contribution is 2.14. The minimum Gasteiger partial charge on any atom is -0.340 e. The van der Waals surface area contributed by atoms with Crippen LogP contribution in [0.15, 0.2) is 48.5 Å². The Bertz CT molecular complexity index is 967. The quantitative estimate of drug-likeness (QED) is 0.641. The fourth-order valence-electron chi connectivity index (χ4n) is 3.33. The highest BCUT2D eigenvalue weighted by Gasteiger charge is 2.23. The first-order valence-corrected chi connectivity index (χ1v) is 9.74. The largest absolute Gasteiger partial charge is 0.340 e. The number of hydrogen-bond acceptors (Lipinski definition) is 5. The lowest BCUT2D eigenvalue weighted by Crippen LogP contribution is -2.48. The number of rotatable bonds is 5. The van der Waals surface area contributed by atoms with Crippen molar-refractivity contribution in [2.75, 3.05) is 26.2 Å². The van der Waals surface area contributed by atoms with Crippen molar-refractivity contribution in [1.82, 2.24) is 30.0 Å². The summed E-state index contributed by atoms with van der Waals surface area (Å²) < 4.78 is 14.8. The van der Waals surface area contributed by atoms with Gasteiger partial charge in [-0.15, -0.1) is 5.10 Å². The maximum atomic E-state index is 13.2. The van der Waals surface area contributed by atoms with Crippen LogP contribution in [0.3, 0.4) is 0 Å². The predicted octanol–water partition coefficient (Wildman–Crippen LogP) is 2.34. The number of nitrogens with zero attached hydrogens (tertiary/aromatic N) is 6. The number of amides is 1. The second-order valence-electron chi connectivity index (χ2n) is 6.94. The second-order valence-corrected chi connectivity index (χ2v) is 7.38. The van der Waals surface area contributed by atoms with Crippen molar-refractivity contribution in [1.29, 1.82) is 0 Å². The van der Waals surface area contributed by atoms with E-state index in [1.165, 1.54) is 12.1 Å². The van der Waals surface area contributed by atoms with Crippen LogP contribution < -0.4 is 0 Å². The first kappa shape index (κ1) is 19.5. The molecule has 1 aromatic heterocycles. The summed E-state index contributed by atoms with van der Waals surface area (Å²) in [6.07, 6.45) is 0.375. The number of halogens is 2. The lowest BCUT2D eigenvalue weighted by atomic mass is 10.1. The minimum absolute atomic E-state index is 0.114. The molecule has 0 radical (unpaired) electrons. The number of aromatic nitrogens is 4. The zero-order valence-electron chi connectivity index (χ0n) is 15.7. The Morgan fingerprint density at radius 3 is 2.38 bits per heavy atom. The molecule has 7 nitrogen and oxygen atoms in total. The fraction of sp³-hybridized carbons (Fsp3) is 0.300. The Labute approximate surface area is 172 Å². The van der Waals surface area contributed by atoms with E-state index in [4.69, 9.17) is 11.6 Å². The molecule has 1 fully saturated rings. The van der Waals surface area contributed by atoms with Gasteiger partial charge in [-0.05, 0) is 52.4 Å². The van der Waals surface area contributed by atoms with Crippen LogP contribution in [0, 0.1) is 5.82 Å². The number of tetrazole rings is 1. The third kappa shape index (κ3) is 4.78. The summed E-state index contributed by atoms with van der Waals surface area (Å²) >= 11 is 5.90. The van der Waals surface area contributed by atoms with E-state index in [1.54, 1.807) is 28.9 Å². The van der Waals surface area contributed by atoms with Gasteiger partial charge in [0.15, 0.2) is 5.82 Å². The molecule has 1 saturated heterocycles. The van der Waals surface area contributed by atoms with Crippen LogP contribution in [0.25, 0.3) is 5.69 Å². The van der Waals surface area contributed by atoms with Crippen LogP contribution in [0.5, 0.6) is 0 Å². The molecule has 0 aliphatic carbocycles. The first-order valence-electron chi connectivity index (χ1n) is 9.36. The van der Waals surface area contributed by atoms with Gasteiger partial charge >= 0.3 is 0 Å². The molecule has 150 valence electrons. The average molecular weight is 415 g/mol. The maximum absolute atomic E-state index is 13.2. The smallest absolute Gasteiger partial charge is 0.227 e. The molecular weight excluding hydrogens is 395 g/mol. The third-order valence-electron chi connectivity index (χ3n) is 4.96. The van der Waals surface area contributed by atoms with Gasteiger partial charge in [-0.1, -0.05) is 23.7 Å². The first-order chi connectivity index (χ1) is 14.1. The van der Waals surface area contributed by atoms with E-state index >= 15 is 0 Å². The zero-order valence-corrected chi connectivity index (χ0v) is 16.5. The Kier molecular flexibility index (Phi) is 5.82. The van der Waals surface area contributed by atoms with Crippen LogP contribution in [0.2, 0.25) is 5.02 Å². The van der Waals surface area contributed by atoms with Gasteiger partial charge in [-0.3, -0.25) is 9.69 Å². The molecule has 2 heterocycles. The normalized spacial score (nSPS) is 14.9. The molecule has 3 aromatic rings. The van der Waals surface area contributed by atoms with Gasteiger partial charge in [0.1, 0.15) is 5.82 Å². The molecule has 0 unspecified atom stereocenters. The Balaban J connectivity index is 1.32. The van der Waals surface area contributed by atoms with Crippen LogP contribution in [0.1, 0.15) is 11.4 Å². The van der Waals surface area contributed by atoms with Crippen molar-refractivity contribution in [2.45, 2.75) is 13.0 Å². The SMILES string of the molecule is O=C(Cc1ccc(Cl)cc1)N1CCN(Cc2nnnn2-c2ccc(F)cc2)CC1. The van der Waals surface area contributed by atoms with E-state index < -0.39 is 0 Å². The summed E-state index contributed by atoms with van der Waals surface area (Å²) in [5.41, 5.74) is 1.67. The summed E-state index contributed by atoms with van der Waals surface area (Å²) in [4.78, 5) is 16.6. The summed E-state index contributed by atoms with van der Waals surface area (Å²) in [5.74, 6) is 0.489. The summed E-state index contributed by atoms with van der Waals surface area (Å²) in [7, 11) is 0. The predicted molar refractivity (Wildman–Crippen MR) is 106 cm³/mol. The average Bonchev–Trinajstić information content (AvgIpc) is 3.19. The molecule has 1 aliphatic heterocycles. The van der Waals surface area contributed by atoms with Gasteiger partial charge in [-0.25, -0.2) is 4.39 Å². The maximum Gasteiger partial charge on any atom is 0.227 e. The number of piperazine rings is 1. The molecule has 0 atom stereocenters. The highest BCUT2D eigenvalue weighted by molar-refractivity contribution is 6.30. The number of carbonyl (C=O) groups is 1. The van der Waals surface area contributed by atoms with Crippen molar-refractivity contribution in [3.05, 3.63) is 70.8 Å². The molecule has 4 rings (SSSR count). The second kappa shape index (κ2) is 8.67. The topological polar surface area (TPSA) is 67.2 Å². The molecule has 2 aromatic carbocycles. The summed E-state index contributed by atoms with van der Waals surface area (Å²) in [6, 6.07) is 13.4. The summed E-state index contributed by atoms with van der Waals surface area (Å²) in [5, 5.41) is 12.5. The minimum atomic E-state index is -0.303. The number of hydrogen-bond donors (Lipinski definition) is 0. The van der Waals surface area contributed by atoms with Gasteiger partial charge in [0.05, 0.1) is 18.7 Å². The van der Waals surface area contributed by atoms with Crippen LogP contribution in [-0.2, 0) is 17.8 Å². The lowest BCUT2D eigenvalue weighted by Gasteiger charge is -2.34. The molecular formula is C20H20ClFN6O. The fourth-order valence-corrected chi connectivity index (χ4v) is 3.46. The zero-order chi connectivity index (χ0) is 20.2. The summed E-state index contributed by atoms with van der Waals surface area (Å²) in [6.45, 7) is 3.35. The molecule has 0 spiro atoms. The van der Waals surface area contributed by atoms with Crippen LogP contribution in [0.4, 0.5) is 4.39 Å². The van der Waals surface area contributed by atoms with Gasteiger partial charge in [-0.2, -0.15) is 4.68 Å². The molecule has 1 aliphatic rings. The van der Waals surface area contributed by atoms with E-state index in [0.717, 1.165) is 18.7 Å². The standard InChI is InChI=1S/C20H20ClFN6O/c21-16-3-1-15(2-4-16)13-20(29)27-11-9-26(10-12-27)14-19-23-24-25-28(19)18-7-5-17(22)6-8-18/h1-8H,9-14H2. The number of carbonyl (C=O) groups excluding carboxylic acids is 1. The highest BCUT2D eigenvalue weighted by atomic mass is 35.5. The van der Waals surface area contributed by atoms with E-state index in [-0.39, 0.29) is 11.7 Å². The Morgan fingerprint density at radius 2 is 1.69 bits per heavy atom. The molecule has 0 saturated carbocycles. The molecule has 0 bridgehead atoms. The van der Waals surface area contributed by atoms with Crippen molar-refractivity contribution in [3.63, 3.8) is 0 Å². The van der Waals surface area contributed by atoms with Crippen molar-refractivity contribution < 1.29 is 9.18 Å². The van der Waals surface area contributed by atoms with E-state index in [2.05, 4.69) is 20.4 Å². The monoisotopic (exact) mass is 414 g/mol. The molecule has 9 heteroatoms. The van der Waals surface area contributed by atoms with Gasteiger partial charge in [0.25, 0.3) is 0 Å². The van der Waals surface area contributed by atoms with Gasteiger partial charge < -0.3 is 4.90 Å². The van der Waals surface area contributed by atoms with Crippen molar-refractivity contribution in [3.8, 4) is 5.69 Å². The van der Waals surface area contributed by atoms with E-state index in [9.17, 15) is 9.18 Å². The molecule has 29 heavy (non-hydrogen) atoms. The van der Waals surface area contributed by atoms with E-state index in [0.29, 0.717) is 42.6 Å². The number of benzene rings is 2. The van der Waals surface area contributed by atoms with Gasteiger partial charge in [0.2, 0.25) is 5.91 Å². The molecule has 1 amide bonds. The Morgan fingerprint density at radius 1 is 1.00 bits per heavy atom. The van der Waals surface area contributed by atoms with Crippen molar-refractivity contribution >= 4 is 17.5 Å². The lowest BCUT2D eigenvalue weighted by molar-refractivity contribution is -0.132.